The van der Waals surface area contributed by atoms with E-state index in [0.29, 0.717) is 23.6 Å². The molecule has 0 aromatic heterocycles. The van der Waals surface area contributed by atoms with Crippen molar-refractivity contribution in [3.8, 4) is 0 Å². The zero-order chi connectivity index (χ0) is 16.4. The van der Waals surface area contributed by atoms with E-state index < -0.39 is 11.9 Å². The van der Waals surface area contributed by atoms with Gasteiger partial charge < -0.3 is 10.0 Å². The maximum absolute atomic E-state index is 12.7. The molecule has 120 valence electrons. The van der Waals surface area contributed by atoms with E-state index in [-0.39, 0.29) is 23.4 Å². The van der Waals surface area contributed by atoms with Crippen LogP contribution in [-0.4, -0.2) is 41.2 Å². The number of carbonyl (C=O) groups is 2. The Labute approximate surface area is 143 Å². The van der Waals surface area contributed by atoms with Crippen LogP contribution in [0.4, 0.5) is 0 Å². The molecular weight excluding hydrogens is 345 g/mol. The average Bonchev–Trinajstić information content (AvgIpc) is 2.46. The van der Waals surface area contributed by atoms with Crippen molar-refractivity contribution < 1.29 is 14.7 Å². The molecule has 4 nitrogen and oxygen atoms in total. The molecule has 1 heterocycles. The zero-order valence-corrected chi connectivity index (χ0v) is 14.6. The minimum Gasteiger partial charge on any atom is -0.481 e. The summed E-state index contributed by atoms with van der Waals surface area (Å²) in [6.07, 6.45) is 2.45. The normalized spacial score (nSPS) is 21.7. The molecule has 2 unspecified atom stereocenters. The standard InChI is InChI=1S/C15H17Cl2NO3S/c1-8-3-9(15(20)21)7-18(6-8)14(19)10-4-13(22-2)12(17)5-11(10)16/h4-5,8-9H,3,6-7H2,1-2H3,(H,20,21). The van der Waals surface area contributed by atoms with Crippen molar-refractivity contribution in [2.24, 2.45) is 11.8 Å². The molecule has 2 atom stereocenters. The number of aliphatic carboxylic acids is 1. The van der Waals surface area contributed by atoms with Gasteiger partial charge in [0.2, 0.25) is 0 Å². The minimum absolute atomic E-state index is 0.143. The second-order valence-corrected chi connectivity index (χ2v) is 7.22. The van der Waals surface area contributed by atoms with E-state index >= 15 is 0 Å². The molecule has 0 saturated carbocycles. The summed E-state index contributed by atoms with van der Waals surface area (Å²) < 4.78 is 0. The molecule has 1 N–H and O–H groups in total. The smallest absolute Gasteiger partial charge is 0.308 e. The molecule has 1 fully saturated rings. The Kier molecular flexibility index (Phi) is 5.64. The van der Waals surface area contributed by atoms with Crippen LogP contribution in [0.2, 0.25) is 10.0 Å². The van der Waals surface area contributed by atoms with Gasteiger partial charge in [-0.3, -0.25) is 9.59 Å². The van der Waals surface area contributed by atoms with E-state index in [1.165, 1.54) is 11.8 Å². The lowest BCUT2D eigenvalue weighted by atomic mass is 9.90. The number of carboxylic acids is 1. The van der Waals surface area contributed by atoms with Crippen LogP contribution in [0.1, 0.15) is 23.7 Å². The van der Waals surface area contributed by atoms with Crippen molar-refractivity contribution >= 4 is 46.8 Å². The van der Waals surface area contributed by atoms with Crippen LogP contribution < -0.4 is 0 Å². The van der Waals surface area contributed by atoms with E-state index in [0.717, 1.165) is 4.90 Å². The van der Waals surface area contributed by atoms with Gasteiger partial charge in [0, 0.05) is 18.0 Å². The number of nitrogens with zero attached hydrogens (tertiary/aromatic N) is 1. The molecule has 1 aliphatic heterocycles. The third-order valence-electron chi connectivity index (χ3n) is 3.77. The van der Waals surface area contributed by atoms with Gasteiger partial charge in [-0.25, -0.2) is 0 Å². The first-order chi connectivity index (χ1) is 10.3. The number of thioether (sulfide) groups is 1. The molecule has 2 rings (SSSR count). The highest BCUT2D eigenvalue weighted by Gasteiger charge is 2.33. The predicted octanol–water partition coefficient (Wildman–Crippen LogP) is 3.90. The lowest BCUT2D eigenvalue weighted by molar-refractivity contribution is -0.143. The molecule has 0 bridgehead atoms. The van der Waals surface area contributed by atoms with Crippen molar-refractivity contribution in [1.29, 1.82) is 0 Å². The fraction of sp³-hybridized carbons (Fsp3) is 0.467. The number of halogens is 2. The number of rotatable bonds is 3. The van der Waals surface area contributed by atoms with Gasteiger partial charge in [0.15, 0.2) is 0 Å². The maximum Gasteiger partial charge on any atom is 0.308 e. The van der Waals surface area contributed by atoms with Crippen LogP contribution in [0.15, 0.2) is 17.0 Å². The first-order valence-corrected chi connectivity index (χ1v) is 8.86. The number of carboxylic acid groups (broad SMARTS) is 1. The third kappa shape index (κ3) is 3.70. The monoisotopic (exact) mass is 361 g/mol. The highest BCUT2D eigenvalue weighted by atomic mass is 35.5. The summed E-state index contributed by atoms with van der Waals surface area (Å²) >= 11 is 13.7. The number of benzene rings is 1. The van der Waals surface area contributed by atoms with Crippen LogP contribution in [0.3, 0.4) is 0 Å². The fourth-order valence-electron chi connectivity index (χ4n) is 2.72. The lowest BCUT2D eigenvalue weighted by Crippen LogP contribution is -2.45. The second-order valence-electron chi connectivity index (χ2n) is 5.55. The first-order valence-electron chi connectivity index (χ1n) is 6.88. The number of likely N-dealkylation sites (tertiary alicyclic amines) is 1. The van der Waals surface area contributed by atoms with Crippen LogP contribution in [-0.2, 0) is 4.79 Å². The predicted molar refractivity (Wildman–Crippen MR) is 89.1 cm³/mol. The fourth-order valence-corrected chi connectivity index (χ4v) is 3.90. The summed E-state index contributed by atoms with van der Waals surface area (Å²) in [6.45, 7) is 2.70. The maximum atomic E-state index is 12.7. The van der Waals surface area contributed by atoms with Crippen LogP contribution in [0.25, 0.3) is 0 Å². The lowest BCUT2D eigenvalue weighted by Gasteiger charge is -2.35. The SMILES string of the molecule is CSc1cc(C(=O)N2CC(C)CC(C(=O)O)C2)c(Cl)cc1Cl. The molecule has 1 aliphatic rings. The highest BCUT2D eigenvalue weighted by molar-refractivity contribution is 7.98. The number of hydrogen-bond acceptors (Lipinski definition) is 3. The number of piperidine rings is 1. The van der Waals surface area contributed by atoms with Gasteiger partial charge in [0.05, 0.1) is 21.5 Å². The molecule has 7 heteroatoms. The van der Waals surface area contributed by atoms with Gasteiger partial charge in [0.25, 0.3) is 5.91 Å². The van der Waals surface area contributed by atoms with Gasteiger partial charge in [0.1, 0.15) is 0 Å². The van der Waals surface area contributed by atoms with E-state index in [2.05, 4.69) is 0 Å². The molecule has 22 heavy (non-hydrogen) atoms. The first kappa shape index (κ1) is 17.4. The Hall–Kier alpha value is -0.910. The van der Waals surface area contributed by atoms with Gasteiger partial charge in [-0.05, 0) is 30.7 Å². The van der Waals surface area contributed by atoms with E-state index in [4.69, 9.17) is 23.2 Å². The van der Waals surface area contributed by atoms with Gasteiger partial charge >= 0.3 is 5.97 Å². The summed E-state index contributed by atoms with van der Waals surface area (Å²) in [6, 6.07) is 3.23. The Morgan fingerprint density at radius 2 is 1.95 bits per heavy atom. The molecule has 0 aliphatic carbocycles. The molecule has 0 radical (unpaired) electrons. The van der Waals surface area contributed by atoms with Crippen molar-refractivity contribution in [3.63, 3.8) is 0 Å². The van der Waals surface area contributed by atoms with Crippen molar-refractivity contribution in [3.05, 3.63) is 27.7 Å². The van der Waals surface area contributed by atoms with Crippen LogP contribution in [0.5, 0.6) is 0 Å². The summed E-state index contributed by atoms with van der Waals surface area (Å²) in [5.41, 5.74) is 0.369. The van der Waals surface area contributed by atoms with Crippen LogP contribution >= 0.6 is 35.0 Å². The number of hydrogen-bond donors (Lipinski definition) is 1. The van der Waals surface area contributed by atoms with Gasteiger partial charge in [-0.2, -0.15) is 0 Å². The summed E-state index contributed by atoms with van der Waals surface area (Å²) in [4.78, 5) is 26.3. The van der Waals surface area contributed by atoms with Gasteiger partial charge in [-0.1, -0.05) is 30.1 Å². The topological polar surface area (TPSA) is 57.6 Å². The Bertz CT molecular complexity index is 609. The molecule has 1 amide bonds. The van der Waals surface area contributed by atoms with E-state index in [1.54, 1.807) is 17.0 Å². The van der Waals surface area contributed by atoms with Crippen molar-refractivity contribution in [1.82, 2.24) is 4.90 Å². The van der Waals surface area contributed by atoms with Crippen molar-refractivity contribution in [2.75, 3.05) is 19.3 Å². The second kappa shape index (κ2) is 7.11. The molecule has 0 spiro atoms. The Morgan fingerprint density at radius 3 is 2.55 bits per heavy atom. The molecule has 1 aromatic rings. The number of carbonyl (C=O) groups excluding carboxylic acids is 1. The van der Waals surface area contributed by atoms with Gasteiger partial charge in [-0.15, -0.1) is 11.8 Å². The van der Waals surface area contributed by atoms with E-state index in [9.17, 15) is 14.7 Å². The molecule has 1 aromatic carbocycles. The highest BCUT2D eigenvalue weighted by Crippen LogP contribution is 2.33. The summed E-state index contributed by atoms with van der Waals surface area (Å²) in [5, 5.41) is 10.0. The quantitative estimate of drug-likeness (QED) is 0.829. The third-order valence-corrected chi connectivity index (χ3v) is 5.28. The molecular formula is C15H17Cl2NO3S. The molecule has 1 saturated heterocycles. The Balaban J connectivity index is 2.29. The summed E-state index contributed by atoms with van der Waals surface area (Å²) in [7, 11) is 0. The number of amides is 1. The van der Waals surface area contributed by atoms with Crippen molar-refractivity contribution in [2.45, 2.75) is 18.2 Å². The summed E-state index contributed by atoms with van der Waals surface area (Å²) in [5.74, 6) is -1.49. The van der Waals surface area contributed by atoms with Crippen LogP contribution in [0, 0.1) is 11.8 Å². The van der Waals surface area contributed by atoms with E-state index in [1.807, 2.05) is 13.2 Å². The largest absolute Gasteiger partial charge is 0.481 e. The average molecular weight is 362 g/mol. The zero-order valence-electron chi connectivity index (χ0n) is 12.3. The minimum atomic E-state index is -0.864. The Morgan fingerprint density at radius 1 is 1.27 bits per heavy atom.